The molecule has 90 valence electrons. The minimum atomic E-state index is 0.292. The average molecular weight is 239 g/mol. The third kappa shape index (κ3) is 3.52. The smallest absolute Gasteiger partial charge is 0.0362 e. The summed E-state index contributed by atoms with van der Waals surface area (Å²) in [5.41, 5.74) is 5.65. The first-order valence-electron chi connectivity index (χ1n) is 6.12. The van der Waals surface area contributed by atoms with Crippen LogP contribution in [0, 0.1) is 26.7 Å². The number of rotatable bonds is 4. The standard InChI is InChI=1S/C15H23Cl/c1-10(2)15(16)7-6-14-12(4)8-11(3)9-13(14)5/h8-10,15H,6-7H2,1-5H3. The van der Waals surface area contributed by atoms with Crippen molar-refractivity contribution in [2.45, 2.75) is 52.8 Å². The maximum atomic E-state index is 6.30. The van der Waals surface area contributed by atoms with E-state index in [-0.39, 0.29) is 0 Å². The summed E-state index contributed by atoms with van der Waals surface area (Å²) in [6.45, 7) is 10.9. The molecule has 0 saturated heterocycles. The van der Waals surface area contributed by atoms with Gasteiger partial charge in [-0.25, -0.2) is 0 Å². The van der Waals surface area contributed by atoms with Crippen LogP contribution in [-0.2, 0) is 6.42 Å². The summed E-state index contributed by atoms with van der Waals surface area (Å²) in [5.74, 6) is 0.563. The first-order valence-corrected chi connectivity index (χ1v) is 6.56. The molecule has 0 radical (unpaired) electrons. The lowest BCUT2D eigenvalue weighted by Gasteiger charge is -2.16. The summed E-state index contributed by atoms with van der Waals surface area (Å²) in [7, 11) is 0. The zero-order chi connectivity index (χ0) is 12.3. The molecule has 0 amide bonds. The highest BCUT2D eigenvalue weighted by molar-refractivity contribution is 6.20. The Bertz CT molecular complexity index is 329. The van der Waals surface area contributed by atoms with Crippen molar-refractivity contribution in [3.8, 4) is 0 Å². The van der Waals surface area contributed by atoms with Gasteiger partial charge in [-0.3, -0.25) is 0 Å². The Kier molecular flexibility index (Phi) is 4.86. The Morgan fingerprint density at radius 2 is 1.56 bits per heavy atom. The fourth-order valence-corrected chi connectivity index (χ4v) is 2.33. The summed E-state index contributed by atoms with van der Waals surface area (Å²) in [6.07, 6.45) is 2.17. The van der Waals surface area contributed by atoms with Gasteiger partial charge >= 0.3 is 0 Å². The minimum absolute atomic E-state index is 0.292. The molecule has 0 aliphatic rings. The van der Waals surface area contributed by atoms with Crippen molar-refractivity contribution in [1.29, 1.82) is 0 Å². The molecule has 16 heavy (non-hydrogen) atoms. The molecule has 1 unspecified atom stereocenters. The van der Waals surface area contributed by atoms with Crippen LogP contribution in [0.25, 0.3) is 0 Å². The lowest BCUT2D eigenvalue weighted by Crippen LogP contribution is -2.09. The Morgan fingerprint density at radius 1 is 1.06 bits per heavy atom. The SMILES string of the molecule is Cc1cc(C)c(CCC(Cl)C(C)C)c(C)c1. The monoisotopic (exact) mass is 238 g/mol. The number of hydrogen-bond donors (Lipinski definition) is 0. The van der Waals surface area contributed by atoms with Crippen molar-refractivity contribution in [3.63, 3.8) is 0 Å². The fraction of sp³-hybridized carbons (Fsp3) is 0.600. The molecule has 1 atom stereocenters. The van der Waals surface area contributed by atoms with Gasteiger partial charge in [0.2, 0.25) is 0 Å². The first kappa shape index (κ1) is 13.6. The van der Waals surface area contributed by atoms with Crippen LogP contribution in [-0.4, -0.2) is 5.38 Å². The third-order valence-electron chi connectivity index (χ3n) is 3.23. The normalized spacial score (nSPS) is 13.2. The third-order valence-corrected chi connectivity index (χ3v) is 3.96. The molecule has 0 aromatic heterocycles. The molecular formula is C15H23Cl. The maximum Gasteiger partial charge on any atom is 0.0362 e. The molecule has 1 heteroatoms. The molecule has 1 rings (SSSR count). The van der Waals surface area contributed by atoms with Crippen LogP contribution in [0.2, 0.25) is 0 Å². The molecule has 0 aliphatic heterocycles. The van der Waals surface area contributed by atoms with Gasteiger partial charge in [-0.1, -0.05) is 31.5 Å². The second-order valence-corrected chi connectivity index (χ2v) is 5.74. The summed E-state index contributed by atoms with van der Waals surface area (Å²) >= 11 is 6.30. The second-order valence-electron chi connectivity index (χ2n) is 5.18. The van der Waals surface area contributed by atoms with Gasteiger partial charge in [-0.2, -0.15) is 0 Å². The van der Waals surface area contributed by atoms with Gasteiger partial charge in [-0.15, -0.1) is 11.6 Å². The van der Waals surface area contributed by atoms with E-state index in [9.17, 15) is 0 Å². The van der Waals surface area contributed by atoms with Crippen LogP contribution in [0.5, 0.6) is 0 Å². The average Bonchev–Trinajstić information content (AvgIpc) is 2.15. The Morgan fingerprint density at radius 3 is 2.00 bits per heavy atom. The summed E-state index contributed by atoms with van der Waals surface area (Å²) in [6, 6.07) is 4.53. The fourth-order valence-electron chi connectivity index (χ4n) is 2.22. The van der Waals surface area contributed by atoms with Crippen LogP contribution in [0.1, 0.15) is 42.5 Å². The Labute approximate surface area is 105 Å². The predicted molar refractivity (Wildman–Crippen MR) is 73.5 cm³/mol. The van der Waals surface area contributed by atoms with Crippen molar-refractivity contribution in [3.05, 3.63) is 34.4 Å². The van der Waals surface area contributed by atoms with Gasteiger partial charge in [0.25, 0.3) is 0 Å². The van der Waals surface area contributed by atoms with E-state index >= 15 is 0 Å². The molecule has 0 heterocycles. The highest BCUT2D eigenvalue weighted by Gasteiger charge is 2.11. The molecular weight excluding hydrogens is 216 g/mol. The Balaban J connectivity index is 2.74. The highest BCUT2D eigenvalue weighted by atomic mass is 35.5. The van der Waals surface area contributed by atoms with E-state index in [1.165, 1.54) is 22.3 Å². The number of aryl methyl sites for hydroxylation is 3. The molecule has 0 aliphatic carbocycles. The predicted octanol–water partition coefficient (Wildman–Crippen LogP) is 4.81. The van der Waals surface area contributed by atoms with E-state index < -0.39 is 0 Å². The van der Waals surface area contributed by atoms with E-state index in [1.807, 2.05) is 0 Å². The minimum Gasteiger partial charge on any atom is -0.123 e. The number of hydrogen-bond acceptors (Lipinski definition) is 0. The molecule has 0 fully saturated rings. The molecule has 0 saturated carbocycles. The van der Waals surface area contributed by atoms with Gasteiger partial charge in [0.1, 0.15) is 0 Å². The van der Waals surface area contributed by atoms with Crippen LogP contribution in [0.4, 0.5) is 0 Å². The molecule has 0 nitrogen and oxygen atoms in total. The van der Waals surface area contributed by atoms with Crippen molar-refractivity contribution >= 4 is 11.6 Å². The van der Waals surface area contributed by atoms with Crippen LogP contribution in [0.15, 0.2) is 12.1 Å². The molecule has 0 spiro atoms. The van der Waals surface area contributed by atoms with Crippen molar-refractivity contribution in [2.24, 2.45) is 5.92 Å². The number of halogens is 1. The van der Waals surface area contributed by atoms with Gasteiger partial charge in [0, 0.05) is 5.38 Å². The second kappa shape index (κ2) is 5.72. The highest BCUT2D eigenvalue weighted by Crippen LogP contribution is 2.22. The van der Waals surface area contributed by atoms with Gasteiger partial charge in [0.05, 0.1) is 0 Å². The largest absolute Gasteiger partial charge is 0.123 e. The van der Waals surface area contributed by atoms with Crippen LogP contribution in [0.3, 0.4) is 0 Å². The van der Waals surface area contributed by atoms with Gasteiger partial charge in [0.15, 0.2) is 0 Å². The number of benzene rings is 1. The van der Waals surface area contributed by atoms with E-state index in [2.05, 4.69) is 46.8 Å². The van der Waals surface area contributed by atoms with Crippen molar-refractivity contribution in [2.75, 3.05) is 0 Å². The quantitative estimate of drug-likeness (QED) is 0.661. The zero-order valence-electron chi connectivity index (χ0n) is 11.1. The lowest BCUT2D eigenvalue weighted by atomic mass is 9.94. The van der Waals surface area contributed by atoms with Gasteiger partial charge in [-0.05, 0) is 56.2 Å². The Hall–Kier alpha value is -0.490. The van der Waals surface area contributed by atoms with Crippen LogP contribution >= 0.6 is 11.6 Å². The van der Waals surface area contributed by atoms with E-state index in [0.717, 1.165) is 12.8 Å². The van der Waals surface area contributed by atoms with Crippen LogP contribution < -0.4 is 0 Å². The molecule has 1 aromatic rings. The first-order chi connectivity index (χ1) is 7.41. The molecule has 1 aromatic carbocycles. The van der Waals surface area contributed by atoms with Gasteiger partial charge < -0.3 is 0 Å². The summed E-state index contributed by atoms with van der Waals surface area (Å²) in [4.78, 5) is 0. The van der Waals surface area contributed by atoms with E-state index in [1.54, 1.807) is 0 Å². The van der Waals surface area contributed by atoms with Crippen molar-refractivity contribution in [1.82, 2.24) is 0 Å². The van der Waals surface area contributed by atoms with E-state index in [0.29, 0.717) is 11.3 Å². The van der Waals surface area contributed by atoms with E-state index in [4.69, 9.17) is 11.6 Å². The maximum absolute atomic E-state index is 6.30. The summed E-state index contributed by atoms with van der Waals surface area (Å²) < 4.78 is 0. The summed E-state index contributed by atoms with van der Waals surface area (Å²) in [5, 5.41) is 0.292. The zero-order valence-corrected chi connectivity index (χ0v) is 11.9. The number of alkyl halides is 1. The molecule has 0 N–H and O–H groups in total. The lowest BCUT2D eigenvalue weighted by molar-refractivity contribution is 0.564. The molecule has 0 bridgehead atoms. The topological polar surface area (TPSA) is 0 Å². The van der Waals surface area contributed by atoms with Crippen molar-refractivity contribution < 1.29 is 0 Å².